The van der Waals surface area contributed by atoms with E-state index in [4.69, 9.17) is 12.3 Å². The molecular weight excluding hydrogens is 950 g/mol. The number of hydrogen-bond acceptors (Lipinski definition) is 4. The maximum Gasteiger partial charge on any atom is 0.264 e. The van der Waals surface area contributed by atoms with Gasteiger partial charge in [-0.2, -0.15) is 0 Å². The Morgan fingerprint density at radius 2 is 0.922 bits per heavy atom. The second kappa shape index (κ2) is 18.6. The Morgan fingerprint density at radius 1 is 0.429 bits per heavy atom. The number of anilines is 9. The fourth-order valence-electron chi connectivity index (χ4n) is 10.9. The van der Waals surface area contributed by atoms with Crippen LogP contribution in [0.2, 0.25) is 0 Å². The van der Waals surface area contributed by atoms with Crippen LogP contribution >= 0.6 is 11.3 Å². The van der Waals surface area contributed by atoms with Gasteiger partial charge in [-0.3, -0.25) is 0 Å². The first-order valence-electron chi connectivity index (χ1n) is 33.8. The van der Waals surface area contributed by atoms with E-state index in [0.717, 1.165) is 59.4 Å². The zero-order valence-electron chi connectivity index (χ0n) is 60.8. The van der Waals surface area contributed by atoms with Crippen LogP contribution in [0, 0.1) is 0 Å². The normalized spacial score (nSPS) is 16.1. The van der Waals surface area contributed by atoms with Crippen LogP contribution in [-0.2, 0) is 21.7 Å². The molecule has 0 fully saturated rings. The summed E-state index contributed by atoms with van der Waals surface area (Å²) in [6.45, 7) is 24.8. The standard InChI is InChI=1S/C72H70BN3S/c1-69(2,3)50-28-34-55(35-29-50)75-62-46-57(74(54-26-20-15-21-27-54)61-40-32-52(71(7,8)9)44-58(61)48-24-18-14-19-25-48)38-39-60(62)73-66-63(75)42-49(47-22-16-13-17-23-47)43-64(66)76(56-36-30-51(31-37-56)70(4,5)6)67-59-45-53(72(10,11)12)33-41-65(59)77-68(67)73/h13-46H,1-12H3/i13D,14D,15D,16D,17D,18D,19D,20D,21D,22D,23D,24D,25D,26D,27D. The first-order chi connectivity index (χ1) is 42.9. The van der Waals surface area contributed by atoms with Crippen molar-refractivity contribution in [3.8, 4) is 22.3 Å². The molecular formula is C72H70BN3S. The zero-order chi connectivity index (χ0) is 66.8. The lowest BCUT2D eigenvalue weighted by atomic mass is 9.36. The van der Waals surface area contributed by atoms with Crippen LogP contribution in [0.1, 0.15) is 126 Å². The van der Waals surface area contributed by atoms with E-state index in [9.17, 15) is 8.22 Å². The Hall–Kier alpha value is -7.60. The molecule has 10 aromatic rings. The topological polar surface area (TPSA) is 9.72 Å². The molecule has 0 N–H and O–H groups in total. The largest absolute Gasteiger partial charge is 0.311 e. The van der Waals surface area contributed by atoms with Crippen LogP contribution in [0.4, 0.5) is 51.2 Å². The van der Waals surface area contributed by atoms with Gasteiger partial charge < -0.3 is 14.7 Å². The highest BCUT2D eigenvalue weighted by atomic mass is 32.1. The molecule has 0 radical (unpaired) electrons. The summed E-state index contributed by atoms with van der Waals surface area (Å²) in [6.07, 6.45) is 0. The lowest BCUT2D eigenvalue weighted by Crippen LogP contribution is -2.60. The summed E-state index contributed by atoms with van der Waals surface area (Å²) in [5.41, 5.74) is 9.27. The highest BCUT2D eigenvalue weighted by molar-refractivity contribution is 7.33. The highest BCUT2D eigenvalue weighted by Crippen LogP contribution is 2.52. The molecule has 12 rings (SSSR count). The monoisotopic (exact) mass is 1030 g/mol. The van der Waals surface area contributed by atoms with Crippen molar-refractivity contribution in [2.75, 3.05) is 14.7 Å². The number of nitrogens with zero attached hydrogens (tertiary/aromatic N) is 3. The van der Waals surface area contributed by atoms with Gasteiger partial charge in [0.15, 0.2) is 0 Å². The third kappa shape index (κ3) is 8.97. The maximum absolute atomic E-state index is 9.73. The molecule has 0 unspecified atom stereocenters. The second-order valence-electron chi connectivity index (χ2n) is 24.4. The summed E-state index contributed by atoms with van der Waals surface area (Å²) in [4.78, 5) is 5.90. The summed E-state index contributed by atoms with van der Waals surface area (Å²) in [6, 6.07) is 30.3. The maximum atomic E-state index is 9.73. The molecule has 0 bridgehead atoms. The number of hydrogen-bond donors (Lipinski definition) is 0. The van der Waals surface area contributed by atoms with Crippen LogP contribution in [0.3, 0.4) is 0 Å². The van der Waals surface area contributed by atoms with Gasteiger partial charge in [0.25, 0.3) is 6.71 Å². The number of para-hydroxylation sites is 1. The first kappa shape index (κ1) is 35.7. The zero-order valence-corrected chi connectivity index (χ0v) is 46.6. The van der Waals surface area contributed by atoms with E-state index >= 15 is 0 Å². The Morgan fingerprint density at radius 3 is 1.49 bits per heavy atom. The first-order valence-corrected chi connectivity index (χ1v) is 27.1. The van der Waals surface area contributed by atoms with Gasteiger partial charge in [-0.15, -0.1) is 11.3 Å². The van der Waals surface area contributed by atoms with E-state index in [1.807, 2.05) is 69.3 Å². The summed E-state index contributed by atoms with van der Waals surface area (Å²) < 4.78 is 140. The number of rotatable bonds is 7. The number of fused-ring (bicyclic) bond motifs is 6. The van der Waals surface area contributed by atoms with Gasteiger partial charge in [0.1, 0.15) is 0 Å². The Kier molecular flexibility index (Phi) is 8.60. The van der Waals surface area contributed by atoms with Gasteiger partial charge in [-0.1, -0.05) is 204 Å². The molecule has 2 aliphatic rings. The van der Waals surface area contributed by atoms with Crippen molar-refractivity contribution in [2.45, 2.75) is 105 Å². The number of benzene rings is 9. The third-order valence-corrected chi connectivity index (χ3v) is 16.4. The molecule has 0 aliphatic carbocycles. The molecule has 2 aliphatic heterocycles. The lowest BCUT2D eigenvalue weighted by Gasteiger charge is -2.44. The number of thiophene rings is 1. The minimum atomic E-state index is -0.625. The van der Waals surface area contributed by atoms with Gasteiger partial charge in [0.05, 0.1) is 31.9 Å². The summed E-state index contributed by atoms with van der Waals surface area (Å²) in [5.74, 6) is 0. The molecule has 0 atom stereocenters. The molecule has 3 heterocycles. The fraction of sp³-hybridized carbons (Fsp3) is 0.222. The van der Waals surface area contributed by atoms with E-state index < -0.39 is 90.7 Å². The molecule has 3 nitrogen and oxygen atoms in total. The van der Waals surface area contributed by atoms with E-state index in [-0.39, 0.29) is 62.1 Å². The minimum absolute atomic E-state index is 0.000514. The Bertz CT molecular complexity index is 4680. The second-order valence-corrected chi connectivity index (χ2v) is 25.5. The third-order valence-electron chi connectivity index (χ3n) is 15.1. The Balaban J connectivity index is 1.27. The van der Waals surface area contributed by atoms with Crippen molar-refractivity contribution < 1.29 is 20.6 Å². The minimum Gasteiger partial charge on any atom is -0.311 e. The van der Waals surface area contributed by atoms with Crippen molar-refractivity contribution in [1.29, 1.82) is 0 Å². The van der Waals surface area contributed by atoms with Crippen molar-refractivity contribution in [1.82, 2.24) is 0 Å². The molecule has 5 heteroatoms. The van der Waals surface area contributed by atoms with Crippen molar-refractivity contribution >= 4 is 95.0 Å². The average molecular weight is 1040 g/mol. The molecule has 0 saturated carbocycles. The fourth-order valence-corrected chi connectivity index (χ4v) is 12.2. The van der Waals surface area contributed by atoms with E-state index in [2.05, 4.69) is 127 Å². The molecule has 9 aromatic carbocycles. The van der Waals surface area contributed by atoms with E-state index in [1.165, 1.54) is 4.90 Å². The van der Waals surface area contributed by atoms with E-state index in [1.54, 1.807) is 23.5 Å². The van der Waals surface area contributed by atoms with Gasteiger partial charge in [-0.25, -0.2) is 0 Å². The van der Waals surface area contributed by atoms with Crippen molar-refractivity contribution in [2.24, 2.45) is 0 Å². The molecule has 0 spiro atoms. The van der Waals surface area contributed by atoms with Crippen LogP contribution in [0.25, 0.3) is 32.3 Å². The SMILES string of the molecule is [2H]c1c([2H])c([2H])c(-c2cc3c4c(c2)N(c2ccc(C(C)(C)C)cc2)c2c(sc5ccc(C(C)(C)C)cc25)B4c2ccc(N(c4ccc(C(C)(C)C)cc4-c4c([2H])c([2H])c([2H])c([2H])c4[2H])c4c([2H])c([2H])c([2H])c([2H])c4[2H])cc2N3c2ccc(C(C)(C)C)cc2)c([2H])c1[2H]. The quantitative estimate of drug-likeness (QED) is 0.147. The summed E-state index contributed by atoms with van der Waals surface area (Å²) in [7, 11) is 0. The Labute approximate surface area is 483 Å². The molecule has 0 amide bonds. The summed E-state index contributed by atoms with van der Waals surface area (Å²) in [5, 5.41) is 0.988. The van der Waals surface area contributed by atoms with E-state index in [0.29, 0.717) is 28.3 Å². The molecule has 382 valence electrons. The highest BCUT2D eigenvalue weighted by Gasteiger charge is 2.46. The molecule has 77 heavy (non-hydrogen) atoms. The smallest absolute Gasteiger partial charge is 0.264 e. The predicted octanol–water partition coefficient (Wildman–Crippen LogP) is 19.0. The van der Waals surface area contributed by atoms with Crippen LogP contribution in [-0.4, -0.2) is 6.71 Å². The van der Waals surface area contributed by atoms with Crippen LogP contribution in [0.15, 0.2) is 206 Å². The van der Waals surface area contributed by atoms with Crippen molar-refractivity contribution in [3.63, 3.8) is 0 Å². The lowest BCUT2D eigenvalue weighted by molar-refractivity contribution is 0.590. The predicted molar refractivity (Wildman–Crippen MR) is 336 cm³/mol. The molecule has 1 aromatic heterocycles. The van der Waals surface area contributed by atoms with Gasteiger partial charge >= 0.3 is 0 Å². The van der Waals surface area contributed by atoms with Crippen LogP contribution < -0.4 is 30.4 Å². The van der Waals surface area contributed by atoms with Crippen molar-refractivity contribution in [3.05, 3.63) is 228 Å². The van der Waals surface area contributed by atoms with Gasteiger partial charge in [0.2, 0.25) is 0 Å². The van der Waals surface area contributed by atoms with Gasteiger partial charge in [0, 0.05) is 60.2 Å². The molecule has 0 saturated heterocycles. The average Bonchev–Trinajstić information content (AvgIpc) is 1.21. The van der Waals surface area contributed by atoms with Gasteiger partial charge in [-0.05, 0) is 156 Å². The summed E-state index contributed by atoms with van der Waals surface area (Å²) >= 11 is 1.67. The van der Waals surface area contributed by atoms with Crippen LogP contribution in [0.5, 0.6) is 0 Å².